The molecule has 0 fully saturated rings. The third-order valence-corrected chi connectivity index (χ3v) is 2.04. The number of carbonyl (C=O) groups excluding carboxylic acids is 1. The number of hydrogen-bond donors (Lipinski definition) is 0. The number of nitrogens with zero attached hydrogens (tertiary/aromatic N) is 3. The Kier molecular flexibility index (Phi) is 2.68. The third-order valence-electron chi connectivity index (χ3n) is 2.04. The maximum Gasteiger partial charge on any atom is 0.369 e. The predicted molar refractivity (Wildman–Crippen MR) is 58.6 cm³/mol. The zero-order valence-corrected chi connectivity index (χ0v) is 9.04. The molecule has 0 amide bonds. The molecule has 1 aliphatic rings. The van der Waals surface area contributed by atoms with Crippen LogP contribution < -0.4 is 0 Å². The fraction of sp³-hybridized carbons (Fsp3) is 0.182. The van der Waals surface area contributed by atoms with E-state index in [4.69, 9.17) is 0 Å². The van der Waals surface area contributed by atoms with E-state index in [9.17, 15) is 4.79 Å². The Balaban J connectivity index is 2.39. The standard InChI is InChI=1S/C11H11N3O2/c1-14(2)7-9-10(13-16-11(9)15)8-3-5-12-6-4-8/h3-7H,1-2H3/b9-7-. The zero-order valence-electron chi connectivity index (χ0n) is 9.04. The first kappa shape index (κ1) is 10.4. The van der Waals surface area contributed by atoms with Gasteiger partial charge >= 0.3 is 5.97 Å². The molecule has 0 bridgehead atoms. The summed E-state index contributed by atoms with van der Waals surface area (Å²) in [6.45, 7) is 0. The monoisotopic (exact) mass is 217 g/mol. The molecular weight excluding hydrogens is 206 g/mol. The highest BCUT2D eigenvalue weighted by Crippen LogP contribution is 2.17. The molecule has 0 N–H and O–H groups in total. The van der Waals surface area contributed by atoms with Crippen molar-refractivity contribution >= 4 is 11.7 Å². The van der Waals surface area contributed by atoms with Crippen molar-refractivity contribution < 1.29 is 9.63 Å². The van der Waals surface area contributed by atoms with E-state index in [0.717, 1.165) is 5.56 Å². The number of rotatable bonds is 2. The molecule has 0 spiro atoms. The molecule has 2 heterocycles. The lowest BCUT2D eigenvalue weighted by Crippen LogP contribution is -2.12. The van der Waals surface area contributed by atoms with Crippen LogP contribution in [0.2, 0.25) is 0 Å². The normalized spacial score (nSPS) is 17.2. The van der Waals surface area contributed by atoms with Crippen LogP contribution in [0.3, 0.4) is 0 Å². The summed E-state index contributed by atoms with van der Waals surface area (Å²) in [5.41, 5.74) is 1.81. The van der Waals surface area contributed by atoms with Gasteiger partial charge in [-0.2, -0.15) is 0 Å². The first-order valence-corrected chi connectivity index (χ1v) is 4.77. The largest absolute Gasteiger partial charge is 0.383 e. The van der Waals surface area contributed by atoms with E-state index >= 15 is 0 Å². The molecule has 0 aromatic carbocycles. The van der Waals surface area contributed by atoms with Gasteiger partial charge in [0.2, 0.25) is 0 Å². The quantitative estimate of drug-likeness (QED) is 0.543. The van der Waals surface area contributed by atoms with Gasteiger partial charge in [0.05, 0.1) is 0 Å². The maximum absolute atomic E-state index is 11.4. The zero-order chi connectivity index (χ0) is 11.5. The van der Waals surface area contributed by atoms with E-state index in [1.807, 2.05) is 14.1 Å². The minimum atomic E-state index is -0.430. The van der Waals surface area contributed by atoms with Crippen molar-refractivity contribution in [1.29, 1.82) is 0 Å². The molecule has 82 valence electrons. The Labute approximate surface area is 93.0 Å². The van der Waals surface area contributed by atoms with E-state index in [1.54, 1.807) is 35.6 Å². The lowest BCUT2D eigenvalue weighted by Gasteiger charge is -2.06. The topological polar surface area (TPSA) is 54.8 Å². The van der Waals surface area contributed by atoms with Gasteiger partial charge in [-0.15, -0.1) is 0 Å². The molecule has 0 saturated heterocycles. The number of pyridine rings is 1. The van der Waals surface area contributed by atoms with Gasteiger partial charge in [-0.25, -0.2) is 4.79 Å². The molecule has 0 atom stereocenters. The van der Waals surface area contributed by atoms with Crippen LogP contribution in [0.4, 0.5) is 0 Å². The molecule has 1 aromatic rings. The summed E-state index contributed by atoms with van der Waals surface area (Å²) in [5, 5.41) is 3.77. The molecule has 1 aromatic heterocycles. The molecule has 0 aliphatic carbocycles. The van der Waals surface area contributed by atoms with Crippen molar-refractivity contribution in [3.8, 4) is 0 Å². The first-order valence-electron chi connectivity index (χ1n) is 4.77. The average molecular weight is 217 g/mol. The second kappa shape index (κ2) is 4.14. The first-order chi connectivity index (χ1) is 7.68. The van der Waals surface area contributed by atoms with Crippen LogP contribution in [0.25, 0.3) is 0 Å². The Morgan fingerprint density at radius 1 is 1.31 bits per heavy atom. The van der Waals surface area contributed by atoms with Crippen LogP contribution in [-0.4, -0.2) is 35.7 Å². The number of hydrogen-bond acceptors (Lipinski definition) is 5. The van der Waals surface area contributed by atoms with Crippen LogP contribution in [0.15, 0.2) is 41.5 Å². The van der Waals surface area contributed by atoms with Gasteiger partial charge in [0.25, 0.3) is 0 Å². The fourth-order valence-electron chi connectivity index (χ4n) is 1.37. The number of oxime groups is 1. The van der Waals surface area contributed by atoms with Gasteiger partial charge in [-0.1, -0.05) is 5.16 Å². The third kappa shape index (κ3) is 1.93. The number of aromatic nitrogens is 1. The molecule has 2 rings (SSSR count). The highest BCUT2D eigenvalue weighted by atomic mass is 16.7. The van der Waals surface area contributed by atoms with Gasteiger partial charge in [0.15, 0.2) is 0 Å². The summed E-state index contributed by atoms with van der Waals surface area (Å²) >= 11 is 0. The van der Waals surface area contributed by atoms with Crippen LogP contribution in [0.5, 0.6) is 0 Å². The van der Waals surface area contributed by atoms with Crippen molar-refractivity contribution in [2.75, 3.05) is 14.1 Å². The van der Waals surface area contributed by atoms with Crippen molar-refractivity contribution in [2.24, 2.45) is 5.16 Å². The summed E-state index contributed by atoms with van der Waals surface area (Å²) in [4.78, 5) is 21.8. The van der Waals surface area contributed by atoms with E-state index in [1.165, 1.54) is 0 Å². The average Bonchev–Trinajstić information content (AvgIpc) is 2.61. The van der Waals surface area contributed by atoms with Crippen molar-refractivity contribution in [3.63, 3.8) is 0 Å². The van der Waals surface area contributed by atoms with Crippen molar-refractivity contribution in [1.82, 2.24) is 9.88 Å². The van der Waals surface area contributed by atoms with E-state index in [2.05, 4.69) is 15.0 Å². The molecular formula is C11H11N3O2. The Bertz CT molecular complexity index is 463. The number of carbonyl (C=O) groups is 1. The Morgan fingerprint density at radius 3 is 2.62 bits per heavy atom. The van der Waals surface area contributed by atoms with Crippen LogP contribution >= 0.6 is 0 Å². The Hall–Kier alpha value is -2.17. The fourth-order valence-corrected chi connectivity index (χ4v) is 1.37. The molecule has 5 heteroatoms. The molecule has 5 nitrogen and oxygen atoms in total. The summed E-state index contributed by atoms with van der Waals surface area (Å²) < 4.78 is 0. The minimum Gasteiger partial charge on any atom is -0.383 e. The Morgan fingerprint density at radius 2 is 2.00 bits per heavy atom. The second-order valence-electron chi connectivity index (χ2n) is 3.56. The maximum atomic E-state index is 11.4. The lowest BCUT2D eigenvalue weighted by molar-refractivity contribution is -0.136. The van der Waals surface area contributed by atoms with Crippen molar-refractivity contribution in [3.05, 3.63) is 41.9 Å². The highest BCUT2D eigenvalue weighted by Gasteiger charge is 2.26. The molecule has 1 aliphatic heterocycles. The SMILES string of the molecule is CN(C)/C=C1\C(=O)ON=C1c1ccncc1. The summed E-state index contributed by atoms with van der Waals surface area (Å²) in [6, 6.07) is 3.56. The van der Waals surface area contributed by atoms with E-state index < -0.39 is 5.97 Å². The van der Waals surface area contributed by atoms with Gasteiger partial charge in [-0.3, -0.25) is 4.98 Å². The highest BCUT2D eigenvalue weighted by molar-refractivity contribution is 6.28. The van der Waals surface area contributed by atoms with Gasteiger partial charge in [0.1, 0.15) is 11.3 Å². The molecule has 16 heavy (non-hydrogen) atoms. The van der Waals surface area contributed by atoms with Gasteiger partial charge < -0.3 is 9.74 Å². The van der Waals surface area contributed by atoms with Crippen LogP contribution in [0, 0.1) is 0 Å². The van der Waals surface area contributed by atoms with Crippen molar-refractivity contribution in [2.45, 2.75) is 0 Å². The van der Waals surface area contributed by atoms with Crippen LogP contribution in [0.1, 0.15) is 5.56 Å². The lowest BCUT2D eigenvalue weighted by atomic mass is 10.1. The van der Waals surface area contributed by atoms with Gasteiger partial charge in [0, 0.05) is 38.3 Å². The van der Waals surface area contributed by atoms with E-state index in [-0.39, 0.29) is 0 Å². The summed E-state index contributed by atoms with van der Waals surface area (Å²) in [5.74, 6) is -0.430. The minimum absolute atomic E-state index is 0.430. The smallest absolute Gasteiger partial charge is 0.369 e. The molecule has 0 radical (unpaired) electrons. The van der Waals surface area contributed by atoms with Gasteiger partial charge in [-0.05, 0) is 12.1 Å². The molecule has 0 unspecified atom stereocenters. The molecule has 0 saturated carbocycles. The summed E-state index contributed by atoms with van der Waals surface area (Å²) in [7, 11) is 3.67. The van der Waals surface area contributed by atoms with E-state index in [0.29, 0.717) is 11.3 Å². The second-order valence-corrected chi connectivity index (χ2v) is 3.56. The van der Waals surface area contributed by atoms with Crippen LogP contribution in [-0.2, 0) is 9.63 Å². The summed E-state index contributed by atoms with van der Waals surface area (Å²) in [6.07, 6.45) is 4.98. The predicted octanol–water partition coefficient (Wildman–Crippen LogP) is 0.788.